The zero-order chi connectivity index (χ0) is 22.6. The van der Waals surface area contributed by atoms with Crippen molar-refractivity contribution in [3.63, 3.8) is 0 Å². The number of likely N-dealkylation sites (tertiary alicyclic amines) is 1. The van der Waals surface area contributed by atoms with E-state index in [0.29, 0.717) is 32.4 Å². The summed E-state index contributed by atoms with van der Waals surface area (Å²) in [7, 11) is 0. The number of carbonyl (C=O) groups excluding carboxylic acids is 2. The Bertz CT molecular complexity index is 1050. The lowest BCUT2D eigenvalue weighted by atomic mass is 9.79. The molecular formula is C26H29N3O2S. The molecule has 0 unspecified atom stereocenters. The lowest BCUT2D eigenvalue weighted by molar-refractivity contribution is -0.133. The molecule has 2 amide bonds. The van der Waals surface area contributed by atoms with Gasteiger partial charge in [-0.15, -0.1) is 0 Å². The van der Waals surface area contributed by atoms with E-state index in [4.69, 9.17) is 0 Å². The number of benzene rings is 1. The Hall–Kier alpha value is -2.99. The summed E-state index contributed by atoms with van der Waals surface area (Å²) >= 11 is 1.68. The fraction of sp³-hybridized carbons (Fsp3) is 0.346. The van der Waals surface area contributed by atoms with Crippen LogP contribution in [-0.4, -0.2) is 40.8 Å². The van der Waals surface area contributed by atoms with Gasteiger partial charge in [0.1, 0.15) is 0 Å². The molecule has 1 aliphatic rings. The number of nitrogens with one attached hydrogen (secondary N) is 1. The Labute approximate surface area is 193 Å². The molecule has 1 aromatic carbocycles. The highest BCUT2D eigenvalue weighted by Gasteiger charge is 2.46. The predicted octanol–water partition coefficient (Wildman–Crippen LogP) is 4.34. The minimum atomic E-state index is -0.612. The van der Waals surface area contributed by atoms with E-state index >= 15 is 0 Å². The first-order chi connectivity index (χ1) is 15.4. The highest BCUT2D eigenvalue weighted by Crippen LogP contribution is 2.36. The number of aromatic nitrogens is 1. The van der Waals surface area contributed by atoms with Gasteiger partial charge >= 0.3 is 0 Å². The molecule has 0 saturated carbocycles. The van der Waals surface area contributed by atoms with Crippen molar-refractivity contribution in [3.8, 4) is 11.1 Å². The molecule has 1 aliphatic heterocycles. The zero-order valence-corrected chi connectivity index (χ0v) is 19.4. The Balaban J connectivity index is 1.51. The summed E-state index contributed by atoms with van der Waals surface area (Å²) in [5.74, 6) is 0.0797. The Morgan fingerprint density at radius 3 is 2.59 bits per heavy atom. The summed E-state index contributed by atoms with van der Waals surface area (Å²) < 4.78 is 0. The van der Waals surface area contributed by atoms with Crippen molar-refractivity contribution in [3.05, 3.63) is 76.7 Å². The van der Waals surface area contributed by atoms with Crippen LogP contribution in [0.25, 0.3) is 11.1 Å². The Morgan fingerprint density at radius 1 is 1.12 bits per heavy atom. The van der Waals surface area contributed by atoms with E-state index in [1.807, 2.05) is 30.9 Å². The highest BCUT2D eigenvalue weighted by molar-refractivity contribution is 7.08. The monoisotopic (exact) mass is 447 g/mol. The summed E-state index contributed by atoms with van der Waals surface area (Å²) in [6.07, 6.45) is 5.02. The first kappa shape index (κ1) is 22.2. The lowest BCUT2D eigenvalue weighted by Crippen LogP contribution is -2.47. The summed E-state index contributed by atoms with van der Waals surface area (Å²) in [6.45, 7) is 4.98. The van der Waals surface area contributed by atoms with E-state index in [1.54, 1.807) is 23.7 Å². The van der Waals surface area contributed by atoms with Crippen LogP contribution in [-0.2, 0) is 22.4 Å². The van der Waals surface area contributed by atoms with Gasteiger partial charge in [-0.3, -0.25) is 14.6 Å². The molecule has 3 heterocycles. The Morgan fingerprint density at radius 2 is 1.94 bits per heavy atom. The van der Waals surface area contributed by atoms with Gasteiger partial charge in [-0.25, -0.2) is 0 Å². The molecule has 1 N–H and O–H groups in total. The molecule has 0 bridgehead atoms. The van der Waals surface area contributed by atoms with Gasteiger partial charge in [0.15, 0.2) is 0 Å². The molecule has 0 aliphatic carbocycles. The van der Waals surface area contributed by atoms with E-state index in [2.05, 4.69) is 51.4 Å². The fourth-order valence-electron chi connectivity index (χ4n) is 4.33. The SMILES string of the molecule is CC(C)NC(=O)[C@@]1(Cc2ccc(-c3ccsc3)cc2)CCN(C(=O)Cc2cccnc2)C1. The van der Waals surface area contributed by atoms with Crippen LogP contribution in [0.2, 0.25) is 0 Å². The smallest absolute Gasteiger partial charge is 0.228 e. The van der Waals surface area contributed by atoms with Crippen LogP contribution in [0, 0.1) is 5.41 Å². The number of amides is 2. The van der Waals surface area contributed by atoms with Gasteiger partial charge in [-0.05, 0) is 71.8 Å². The average molecular weight is 448 g/mol. The van der Waals surface area contributed by atoms with Crippen LogP contribution < -0.4 is 5.32 Å². The Kier molecular flexibility index (Phi) is 6.70. The average Bonchev–Trinajstić information content (AvgIpc) is 3.46. The van der Waals surface area contributed by atoms with Gasteiger partial charge in [0, 0.05) is 31.5 Å². The van der Waals surface area contributed by atoms with E-state index in [9.17, 15) is 9.59 Å². The number of pyridine rings is 1. The van der Waals surface area contributed by atoms with Gasteiger partial charge in [0.05, 0.1) is 11.8 Å². The van der Waals surface area contributed by atoms with Crippen molar-refractivity contribution < 1.29 is 9.59 Å². The van der Waals surface area contributed by atoms with Crippen LogP contribution >= 0.6 is 11.3 Å². The maximum absolute atomic E-state index is 13.3. The van der Waals surface area contributed by atoms with Crippen LogP contribution in [0.5, 0.6) is 0 Å². The largest absolute Gasteiger partial charge is 0.353 e. The minimum absolute atomic E-state index is 0.0334. The molecule has 32 heavy (non-hydrogen) atoms. The third kappa shape index (κ3) is 5.07. The molecule has 1 fully saturated rings. The van der Waals surface area contributed by atoms with Crippen LogP contribution in [0.3, 0.4) is 0 Å². The number of hydrogen-bond donors (Lipinski definition) is 1. The molecule has 1 atom stereocenters. The topological polar surface area (TPSA) is 62.3 Å². The second-order valence-electron chi connectivity index (χ2n) is 8.90. The summed E-state index contributed by atoms with van der Waals surface area (Å²) in [5, 5.41) is 7.31. The van der Waals surface area contributed by atoms with Crippen molar-refractivity contribution in [2.75, 3.05) is 13.1 Å². The second kappa shape index (κ2) is 9.65. The number of carbonyl (C=O) groups is 2. The van der Waals surface area contributed by atoms with Crippen molar-refractivity contribution >= 4 is 23.2 Å². The van der Waals surface area contributed by atoms with Gasteiger partial charge < -0.3 is 10.2 Å². The van der Waals surface area contributed by atoms with E-state index in [0.717, 1.165) is 11.1 Å². The summed E-state index contributed by atoms with van der Waals surface area (Å²) in [5.41, 5.74) is 3.78. The van der Waals surface area contributed by atoms with E-state index in [1.165, 1.54) is 11.1 Å². The lowest BCUT2D eigenvalue weighted by Gasteiger charge is -2.29. The van der Waals surface area contributed by atoms with Crippen molar-refractivity contribution in [2.45, 2.75) is 39.2 Å². The van der Waals surface area contributed by atoms with Crippen molar-refractivity contribution in [1.82, 2.24) is 15.2 Å². The van der Waals surface area contributed by atoms with Crippen LogP contribution in [0.4, 0.5) is 0 Å². The highest BCUT2D eigenvalue weighted by atomic mass is 32.1. The van der Waals surface area contributed by atoms with Crippen molar-refractivity contribution in [1.29, 1.82) is 0 Å². The molecule has 4 rings (SSSR count). The van der Waals surface area contributed by atoms with Gasteiger partial charge in [-0.2, -0.15) is 11.3 Å². The summed E-state index contributed by atoms with van der Waals surface area (Å²) in [6, 6.07) is 14.4. The summed E-state index contributed by atoms with van der Waals surface area (Å²) in [4.78, 5) is 32.2. The van der Waals surface area contributed by atoms with Crippen LogP contribution in [0.1, 0.15) is 31.4 Å². The molecule has 6 heteroatoms. The molecule has 166 valence electrons. The standard InChI is InChI=1S/C26H29N3O2S/c1-19(2)28-25(31)26(15-20-5-7-22(8-6-20)23-9-13-32-17-23)10-12-29(18-26)24(30)14-21-4-3-11-27-16-21/h3-9,11,13,16-17,19H,10,12,14-15,18H2,1-2H3,(H,28,31)/t26-/m1/s1. The quantitative estimate of drug-likeness (QED) is 0.586. The first-order valence-electron chi connectivity index (χ1n) is 11.0. The molecule has 3 aromatic rings. The molecule has 2 aromatic heterocycles. The van der Waals surface area contributed by atoms with E-state index < -0.39 is 5.41 Å². The fourth-order valence-corrected chi connectivity index (χ4v) is 5.00. The minimum Gasteiger partial charge on any atom is -0.353 e. The van der Waals surface area contributed by atoms with Crippen LogP contribution in [0.15, 0.2) is 65.6 Å². The zero-order valence-electron chi connectivity index (χ0n) is 18.6. The number of nitrogens with zero attached hydrogens (tertiary/aromatic N) is 2. The predicted molar refractivity (Wildman–Crippen MR) is 128 cm³/mol. The molecule has 0 spiro atoms. The maximum Gasteiger partial charge on any atom is 0.228 e. The molecule has 0 radical (unpaired) electrons. The third-order valence-electron chi connectivity index (χ3n) is 6.04. The normalized spacial score (nSPS) is 18.2. The molecule has 1 saturated heterocycles. The maximum atomic E-state index is 13.3. The first-order valence-corrected chi connectivity index (χ1v) is 12.0. The van der Waals surface area contributed by atoms with Gasteiger partial charge in [0.2, 0.25) is 11.8 Å². The van der Waals surface area contributed by atoms with Gasteiger partial charge in [-0.1, -0.05) is 30.3 Å². The third-order valence-corrected chi connectivity index (χ3v) is 6.72. The van der Waals surface area contributed by atoms with E-state index in [-0.39, 0.29) is 17.9 Å². The number of thiophene rings is 1. The molecular weight excluding hydrogens is 418 g/mol. The number of rotatable bonds is 7. The van der Waals surface area contributed by atoms with Crippen molar-refractivity contribution in [2.24, 2.45) is 5.41 Å². The second-order valence-corrected chi connectivity index (χ2v) is 9.68. The molecule has 5 nitrogen and oxygen atoms in total. The number of hydrogen-bond acceptors (Lipinski definition) is 4. The van der Waals surface area contributed by atoms with Gasteiger partial charge in [0.25, 0.3) is 0 Å².